The highest BCUT2D eigenvalue weighted by atomic mass is 16.5. The molecule has 0 saturated carbocycles. The SMILES string of the molecule is CCN(CC)CCC[C@@H](C)n1c(C)nc2c(OC)c(OC)ccc2c1=O. The van der Waals surface area contributed by atoms with E-state index in [1.165, 1.54) is 0 Å². The van der Waals surface area contributed by atoms with Gasteiger partial charge in [-0.15, -0.1) is 0 Å². The van der Waals surface area contributed by atoms with Gasteiger partial charge in [0.2, 0.25) is 0 Å². The molecule has 1 atom stereocenters. The summed E-state index contributed by atoms with van der Waals surface area (Å²) in [6.45, 7) is 11.5. The summed E-state index contributed by atoms with van der Waals surface area (Å²) in [5.41, 5.74) is 0.532. The van der Waals surface area contributed by atoms with Gasteiger partial charge in [0.05, 0.1) is 19.6 Å². The number of ether oxygens (including phenoxy) is 2. The lowest BCUT2D eigenvalue weighted by Gasteiger charge is -2.22. The number of aromatic nitrogens is 2. The van der Waals surface area contributed by atoms with Crippen LogP contribution in [0.2, 0.25) is 0 Å². The molecule has 0 saturated heterocycles. The first-order valence-corrected chi connectivity index (χ1v) is 9.34. The number of aryl methyl sites for hydroxylation is 1. The predicted octanol–water partition coefficient (Wildman–Crippen LogP) is 3.41. The Labute approximate surface area is 155 Å². The maximum absolute atomic E-state index is 13.1. The Kier molecular flexibility index (Phi) is 7.03. The summed E-state index contributed by atoms with van der Waals surface area (Å²) in [6.07, 6.45) is 2.00. The maximum atomic E-state index is 13.1. The summed E-state index contributed by atoms with van der Waals surface area (Å²) >= 11 is 0. The summed E-state index contributed by atoms with van der Waals surface area (Å²) < 4.78 is 12.6. The molecule has 0 unspecified atom stereocenters. The van der Waals surface area contributed by atoms with Crippen LogP contribution < -0.4 is 15.0 Å². The van der Waals surface area contributed by atoms with Crippen molar-refractivity contribution < 1.29 is 9.47 Å². The molecule has 0 radical (unpaired) electrons. The van der Waals surface area contributed by atoms with E-state index in [4.69, 9.17) is 9.47 Å². The fraction of sp³-hybridized carbons (Fsp3) is 0.600. The van der Waals surface area contributed by atoms with Crippen LogP contribution in [-0.4, -0.2) is 48.3 Å². The van der Waals surface area contributed by atoms with Crippen LogP contribution in [0.25, 0.3) is 10.9 Å². The lowest BCUT2D eigenvalue weighted by Crippen LogP contribution is -2.28. The highest BCUT2D eigenvalue weighted by Gasteiger charge is 2.18. The van der Waals surface area contributed by atoms with Crippen molar-refractivity contribution >= 4 is 10.9 Å². The van der Waals surface area contributed by atoms with Gasteiger partial charge in [0.1, 0.15) is 11.3 Å². The molecule has 0 aliphatic carbocycles. The second kappa shape index (κ2) is 9.03. The molecule has 0 aliphatic heterocycles. The van der Waals surface area contributed by atoms with Gasteiger partial charge in [-0.25, -0.2) is 4.98 Å². The van der Waals surface area contributed by atoms with Crippen LogP contribution in [0.1, 0.15) is 45.5 Å². The van der Waals surface area contributed by atoms with E-state index in [-0.39, 0.29) is 11.6 Å². The molecule has 1 heterocycles. The van der Waals surface area contributed by atoms with E-state index < -0.39 is 0 Å². The van der Waals surface area contributed by atoms with Gasteiger partial charge >= 0.3 is 0 Å². The van der Waals surface area contributed by atoms with E-state index >= 15 is 0 Å². The Bertz CT molecular complexity index is 797. The number of hydrogen-bond donors (Lipinski definition) is 0. The van der Waals surface area contributed by atoms with Crippen LogP contribution in [0.4, 0.5) is 0 Å². The smallest absolute Gasteiger partial charge is 0.261 e. The first-order valence-electron chi connectivity index (χ1n) is 9.34. The molecule has 2 aromatic rings. The molecular weight excluding hydrogens is 330 g/mol. The molecule has 0 N–H and O–H groups in total. The zero-order chi connectivity index (χ0) is 19.3. The first-order chi connectivity index (χ1) is 12.5. The Balaban J connectivity index is 2.35. The summed E-state index contributed by atoms with van der Waals surface area (Å²) in [5.74, 6) is 1.78. The zero-order valence-corrected chi connectivity index (χ0v) is 16.8. The van der Waals surface area contributed by atoms with Crippen molar-refractivity contribution in [3.8, 4) is 11.5 Å². The standard InChI is InChI=1S/C20H31N3O3/c1-7-22(8-2)13-9-10-14(3)23-15(4)21-18-16(20(23)24)11-12-17(25-5)19(18)26-6/h11-12,14H,7-10,13H2,1-6H3/t14-/m1/s1. The fourth-order valence-electron chi connectivity index (χ4n) is 3.48. The van der Waals surface area contributed by atoms with Crippen molar-refractivity contribution in [3.05, 3.63) is 28.3 Å². The van der Waals surface area contributed by atoms with Crippen LogP contribution in [-0.2, 0) is 0 Å². The van der Waals surface area contributed by atoms with Crippen LogP contribution in [0.3, 0.4) is 0 Å². The molecular formula is C20H31N3O3. The van der Waals surface area contributed by atoms with Gasteiger partial charge in [0.25, 0.3) is 5.56 Å². The third-order valence-corrected chi connectivity index (χ3v) is 5.02. The van der Waals surface area contributed by atoms with Crippen LogP contribution in [0, 0.1) is 6.92 Å². The third kappa shape index (κ3) is 4.01. The second-order valence-electron chi connectivity index (χ2n) is 6.55. The van der Waals surface area contributed by atoms with Gasteiger partial charge in [-0.3, -0.25) is 9.36 Å². The topological polar surface area (TPSA) is 56.6 Å². The minimum absolute atomic E-state index is 0.0243. The van der Waals surface area contributed by atoms with Crippen molar-refractivity contribution in [1.82, 2.24) is 14.5 Å². The number of fused-ring (bicyclic) bond motifs is 1. The van der Waals surface area contributed by atoms with Crippen molar-refractivity contribution in [2.24, 2.45) is 0 Å². The van der Waals surface area contributed by atoms with Gasteiger partial charge in [-0.2, -0.15) is 0 Å². The number of benzene rings is 1. The molecule has 0 fully saturated rings. The zero-order valence-electron chi connectivity index (χ0n) is 16.8. The molecule has 1 aromatic heterocycles. The highest BCUT2D eigenvalue weighted by molar-refractivity contribution is 5.86. The van der Waals surface area contributed by atoms with Crippen LogP contribution in [0.15, 0.2) is 16.9 Å². The normalized spacial score (nSPS) is 12.6. The second-order valence-corrected chi connectivity index (χ2v) is 6.55. The molecule has 2 rings (SSSR count). The minimum atomic E-state index is -0.0243. The largest absolute Gasteiger partial charge is 0.493 e. The minimum Gasteiger partial charge on any atom is -0.493 e. The van der Waals surface area contributed by atoms with Gasteiger partial charge in [0.15, 0.2) is 11.5 Å². The molecule has 0 aliphatic rings. The number of methoxy groups -OCH3 is 2. The van der Waals surface area contributed by atoms with Gasteiger partial charge < -0.3 is 14.4 Å². The summed E-state index contributed by atoms with van der Waals surface area (Å²) in [5, 5.41) is 0.559. The Morgan fingerprint density at radius 1 is 1.19 bits per heavy atom. The van der Waals surface area contributed by atoms with E-state index in [2.05, 4.69) is 30.7 Å². The lowest BCUT2D eigenvalue weighted by molar-refractivity contribution is 0.287. The quantitative estimate of drug-likeness (QED) is 0.685. The van der Waals surface area contributed by atoms with Gasteiger partial charge in [-0.1, -0.05) is 13.8 Å². The Morgan fingerprint density at radius 3 is 2.46 bits per heavy atom. The summed E-state index contributed by atoms with van der Waals surface area (Å²) in [6, 6.07) is 3.63. The van der Waals surface area contributed by atoms with Crippen molar-refractivity contribution in [2.45, 2.75) is 46.6 Å². The molecule has 1 aromatic carbocycles. The average Bonchev–Trinajstić information content (AvgIpc) is 2.64. The molecule has 144 valence electrons. The molecule has 0 bridgehead atoms. The van der Waals surface area contributed by atoms with E-state index in [0.29, 0.717) is 28.2 Å². The average molecular weight is 361 g/mol. The highest BCUT2D eigenvalue weighted by Crippen LogP contribution is 2.33. The van der Waals surface area contributed by atoms with Gasteiger partial charge in [0, 0.05) is 6.04 Å². The molecule has 6 heteroatoms. The predicted molar refractivity (Wildman–Crippen MR) is 106 cm³/mol. The van der Waals surface area contributed by atoms with Crippen molar-refractivity contribution in [1.29, 1.82) is 0 Å². The first kappa shape index (κ1) is 20.2. The summed E-state index contributed by atoms with van der Waals surface area (Å²) in [7, 11) is 3.14. The molecule has 0 amide bonds. The molecule has 26 heavy (non-hydrogen) atoms. The van der Waals surface area contributed by atoms with E-state index in [9.17, 15) is 4.79 Å². The monoisotopic (exact) mass is 361 g/mol. The van der Waals surface area contributed by atoms with Crippen LogP contribution >= 0.6 is 0 Å². The maximum Gasteiger partial charge on any atom is 0.261 e. The van der Waals surface area contributed by atoms with Crippen molar-refractivity contribution in [3.63, 3.8) is 0 Å². The Hall–Kier alpha value is -2.08. The van der Waals surface area contributed by atoms with E-state index in [0.717, 1.165) is 32.5 Å². The van der Waals surface area contributed by atoms with E-state index in [1.807, 2.05) is 6.92 Å². The Morgan fingerprint density at radius 2 is 1.88 bits per heavy atom. The fourth-order valence-corrected chi connectivity index (χ4v) is 3.48. The number of rotatable bonds is 9. The van der Waals surface area contributed by atoms with Gasteiger partial charge in [-0.05, 0) is 58.5 Å². The molecule has 6 nitrogen and oxygen atoms in total. The van der Waals surface area contributed by atoms with Crippen LogP contribution in [0.5, 0.6) is 11.5 Å². The van der Waals surface area contributed by atoms with Crippen molar-refractivity contribution in [2.75, 3.05) is 33.9 Å². The van der Waals surface area contributed by atoms with E-state index in [1.54, 1.807) is 30.9 Å². The number of hydrogen-bond acceptors (Lipinski definition) is 5. The molecule has 0 spiro atoms. The third-order valence-electron chi connectivity index (χ3n) is 5.02. The summed E-state index contributed by atoms with van der Waals surface area (Å²) in [4.78, 5) is 20.1. The lowest BCUT2D eigenvalue weighted by atomic mass is 10.1. The number of nitrogens with zero attached hydrogens (tertiary/aromatic N) is 3.